The van der Waals surface area contributed by atoms with E-state index in [-0.39, 0.29) is 12.3 Å². The molecule has 8 nitrogen and oxygen atoms in total. The van der Waals surface area contributed by atoms with Crippen LogP contribution in [-0.4, -0.2) is 40.1 Å². The Kier molecular flexibility index (Phi) is 4.00. The van der Waals surface area contributed by atoms with Gasteiger partial charge in [0.15, 0.2) is 0 Å². The average Bonchev–Trinajstić information content (AvgIpc) is 3.12. The second-order valence-electron chi connectivity index (χ2n) is 8.56. The number of primary amides is 1. The van der Waals surface area contributed by atoms with E-state index < -0.39 is 46.7 Å². The summed E-state index contributed by atoms with van der Waals surface area (Å²) < 4.78 is 0.739. The topological polar surface area (TPSA) is 122 Å². The third-order valence-electron chi connectivity index (χ3n) is 5.77. The van der Waals surface area contributed by atoms with Gasteiger partial charge in [-0.25, -0.2) is 0 Å². The van der Waals surface area contributed by atoms with Gasteiger partial charge in [0.1, 0.15) is 5.54 Å². The number of anilines is 1. The Labute approximate surface area is 170 Å². The van der Waals surface area contributed by atoms with Gasteiger partial charge in [-0.2, -0.15) is 0 Å². The molecule has 2 saturated heterocycles. The summed E-state index contributed by atoms with van der Waals surface area (Å²) in [6.07, 6.45) is -0.142. The molecule has 148 valence electrons. The SMILES string of the molecule is CC(C)(C)N1C(=O)C2C(CC(N)=O)NC3(C(=O)Nc4ccc(Br)cc43)C2C1=O. The number of halogens is 1. The lowest BCUT2D eigenvalue weighted by molar-refractivity contribution is -0.147. The number of amides is 4. The smallest absolute Gasteiger partial charge is 0.250 e. The fourth-order valence-corrected chi connectivity index (χ4v) is 5.19. The maximum absolute atomic E-state index is 13.4. The molecule has 28 heavy (non-hydrogen) atoms. The number of imide groups is 1. The zero-order valence-corrected chi connectivity index (χ0v) is 17.3. The molecule has 1 aromatic carbocycles. The number of hydrogen-bond acceptors (Lipinski definition) is 5. The van der Waals surface area contributed by atoms with Gasteiger partial charge in [0.25, 0.3) is 0 Å². The van der Waals surface area contributed by atoms with Crippen LogP contribution in [0.2, 0.25) is 0 Å². The van der Waals surface area contributed by atoms with E-state index in [4.69, 9.17) is 5.73 Å². The largest absolute Gasteiger partial charge is 0.370 e. The van der Waals surface area contributed by atoms with Crippen LogP contribution in [0.1, 0.15) is 32.8 Å². The number of nitrogens with zero attached hydrogens (tertiary/aromatic N) is 1. The molecule has 1 spiro atoms. The molecule has 4 rings (SSSR count). The molecule has 0 aromatic heterocycles. The highest BCUT2D eigenvalue weighted by Crippen LogP contribution is 2.54. The average molecular weight is 449 g/mol. The summed E-state index contributed by atoms with van der Waals surface area (Å²) in [6.45, 7) is 5.31. The zero-order chi connectivity index (χ0) is 20.6. The first kappa shape index (κ1) is 19.1. The summed E-state index contributed by atoms with van der Waals surface area (Å²) in [5.41, 5.74) is 4.40. The first-order valence-electron chi connectivity index (χ1n) is 9.04. The lowest BCUT2D eigenvalue weighted by Gasteiger charge is -2.34. The number of rotatable bonds is 2. The maximum atomic E-state index is 13.4. The second-order valence-corrected chi connectivity index (χ2v) is 9.48. The van der Waals surface area contributed by atoms with Crippen LogP contribution >= 0.6 is 15.9 Å². The highest BCUT2D eigenvalue weighted by Gasteiger charge is 2.71. The van der Waals surface area contributed by atoms with E-state index in [1.165, 1.54) is 4.90 Å². The summed E-state index contributed by atoms with van der Waals surface area (Å²) in [6, 6.07) is 4.59. The van der Waals surface area contributed by atoms with Crippen LogP contribution in [0.3, 0.4) is 0 Å². The van der Waals surface area contributed by atoms with Crippen LogP contribution in [0.4, 0.5) is 5.69 Å². The van der Waals surface area contributed by atoms with E-state index in [1.54, 1.807) is 39.0 Å². The van der Waals surface area contributed by atoms with Gasteiger partial charge in [-0.3, -0.25) is 29.4 Å². The van der Waals surface area contributed by atoms with Crippen molar-refractivity contribution in [2.75, 3.05) is 5.32 Å². The first-order chi connectivity index (χ1) is 13.0. The van der Waals surface area contributed by atoms with Crippen molar-refractivity contribution in [1.82, 2.24) is 10.2 Å². The minimum atomic E-state index is -1.42. The zero-order valence-electron chi connectivity index (χ0n) is 15.7. The number of carbonyl (C=O) groups excluding carboxylic acids is 4. The van der Waals surface area contributed by atoms with E-state index in [0.717, 1.165) is 4.47 Å². The van der Waals surface area contributed by atoms with E-state index in [9.17, 15) is 19.2 Å². The van der Waals surface area contributed by atoms with E-state index in [1.807, 2.05) is 0 Å². The molecule has 4 unspecified atom stereocenters. The third-order valence-corrected chi connectivity index (χ3v) is 6.26. The summed E-state index contributed by atoms with van der Waals surface area (Å²) in [7, 11) is 0. The number of fused-ring (bicyclic) bond motifs is 4. The summed E-state index contributed by atoms with van der Waals surface area (Å²) in [5.74, 6) is -3.58. The van der Waals surface area contributed by atoms with Crippen LogP contribution < -0.4 is 16.4 Å². The Morgan fingerprint density at radius 2 is 1.93 bits per heavy atom. The number of likely N-dealkylation sites (tertiary alicyclic amines) is 1. The predicted octanol–water partition coefficient (Wildman–Crippen LogP) is 0.843. The molecule has 0 radical (unpaired) electrons. The van der Waals surface area contributed by atoms with Crippen LogP contribution in [0.25, 0.3) is 0 Å². The molecule has 0 bridgehead atoms. The van der Waals surface area contributed by atoms with Crippen molar-refractivity contribution < 1.29 is 19.2 Å². The van der Waals surface area contributed by atoms with Crippen LogP contribution in [0.5, 0.6) is 0 Å². The van der Waals surface area contributed by atoms with Crippen molar-refractivity contribution in [3.05, 3.63) is 28.2 Å². The molecule has 4 N–H and O–H groups in total. The molecule has 0 saturated carbocycles. The fourth-order valence-electron chi connectivity index (χ4n) is 4.83. The second kappa shape index (κ2) is 5.87. The minimum Gasteiger partial charge on any atom is -0.370 e. The monoisotopic (exact) mass is 448 g/mol. The molecule has 3 aliphatic rings. The van der Waals surface area contributed by atoms with Crippen molar-refractivity contribution in [1.29, 1.82) is 0 Å². The molecule has 3 heterocycles. The van der Waals surface area contributed by atoms with Crippen molar-refractivity contribution >= 4 is 45.2 Å². The van der Waals surface area contributed by atoms with Gasteiger partial charge in [-0.1, -0.05) is 15.9 Å². The molecule has 0 aliphatic carbocycles. The van der Waals surface area contributed by atoms with Crippen molar-refractivity contribution in [2.45, 2.75) is 44.3 Å². The molecular weight excluding hydrogens is 428 g/mol. The van der Waals surface area contributed by atoms with E-state index in [0.29, 0.717) is 11.3 Å². The van der Waals surface area contributed by atoms with Crippen LogP contribution in [0, 0.1) is 11.8 Å². The van der Waals surface area contributed by atoms with Gasteiger partial charge in [0, 0.05) is 33.7 Å². The minimum absolute atomic E-state index is 0.142. The summed E-state index contributed by atoms with van der Waals surface area (Å²) in [5, 5.41) is 5.98. The summed E-state index contributed by atoms with van der Waals surface area (Å²) in [4.78, 5) is 52.7. The Bertz CT molecular complexity index is 940. The number of benzene rings is 1. The highest BCUT2D eigenvalue weighted by atomic mass is 79.9. The number of nitrogens with one attached hydrogen (secondary N) is 2. The standard InChI is InChI=1S/C19H21BrN4O4/c1-18(2,3)24-15(26)13-11(7-12(21)25)23-19(14(13)16(24)27)9-6-8(20)4-5-10(9)22-17(19)28/h4-6,11,13-14,23H,7H2,1-3H3,(H2,21,25)(H,22,28). The Morgan fingerprint density at radius 1 is 1.25 bits per heavy atom. The van der Waals surface area contributed by atoms with Crippen molar-refractivity contribution in [3.8, 4) is 0 Å². The van der Waals surface area contributed by atoms with Crippen LogP contribution in [-0.2, 0) is 24.7 Å². The number of hydrogen-bond donors (Lipinski definition) is 3. The van der Waals surface area contributed by atoms with E-state index in [2.05, 4.69) is 26.6 Å². The fraction of sp³-hybridized carbons (Fsp3) is 0.474. The van der Waals surface area contributed by atoms with Gasteiger partial charge in [0.2, 0.25) is 23.6 Å². The predicted molar refractivity (Wildman–Crippen MR) is 104 cm³/mol. The molecule has 1 aromatic rings. The van der Waals surface area contributed by atoms with Crippen LogP contribution in [0.15, 0.2) is 22.7 Å². The van der Waals surface area contributed by atoms with E-state index >= 15 is 0 Å². The Balaban J connectivity index is 1.92. The van der Waals surface area contributed by atoms with Gasteiger partial charge >= 0.3 is 0 Å². The lowest BCUT2D eigenvalue weighted by Crippen LogP contribution is -2.56. The quantitative estimate of drug-likeness (QED) is 0.578. The number of carbonyl (C=O) groups is 4. The molecular formula is C19H21BrN4O4. The summed E-state index contributed by atoms with van der Waals surface area (Å²) >= 11 is 3.41. The maximum Gasteiger partial charge on any atom is 0.250 e. The van der Waals surface area contributed by atoms with Gasteiger partial charge in [-0.05, 0) is 39.0 Å². The molecule has 2 fully saturated rings. The van der Waals surface area contributed by atoms with Crippen molar-refractivity contribution in [2.24, 2.45) is 17.6 Å². The molecule has 9 heteroatoms. The Morgan fingerprint density at radius 3 is 2.54 bits per heavy atom. The van der Waals surface area contributed by atoms with Gasteiger partial charge < -0.3 is 11.1 Å². The Hall–Kier alpha value is -2.26. The van der Waals surface area contributed by atoms with Crippen molar-refractivity contribution in [3.63, 3.8) is 0 Å². The van der Waals surface area contributed by atoms with Gasteiger partial charge in [0.05, 0.1) is 11.8 Å². The highest BCUT2D eigenvalue weighted by molar-refractivity contribution is 9.10. The van der Waals surface area contributed by atoms with Gasteiger partial charge in [-0.15, -0.1) is 0 Å². The first-order valence-corrected chi connectivity index (χ1v) is 9.83. The number of nitrogens with two attached hydrogens (primary N) is 1. The third kappa shape index (κ3) is 2.39. The normalized spacial score (nSPS) is 31.4. The lowest BCUT2D eigenvalue weighted by atomic mass is 9.76. The molecule has 3 aliphatic heterocycles. The molecule has 4 amide bonds. The molecule has 4 atom stereocenters.